The number of carbonyl (C=O) groups excluding carboxylic acids is 3. The molecule has 7 nitrogen and oxygen atoms in total. The summed E-state index contributed by atoms with van der Waals surface area (Å²) in [6.45, 7) is 4.15. The van der Waals surface area contributed by atoms with Crippen LogP contribution >= 0.6 is 0 Å². The quantitative estimate of drug-likeness (QED) is 0.683. The molecule has 1 aliphatic rings. The summed E-state index contributed by atoms with van der Waals surface area (Å²) in [7, 11) is 0. The maximum atomic E-state index is 13.2. The van der Waals surface area contributed by atoms with Gasteiger partial charge >= 0.3 is 0 Å². The molecular weight excluding hydrogens is 380 g/mol. The van der Waals surface area contributed by atoms with Gasteiger partial charge in [-0.1, -0.05) is 36.4 Å². The zero-order valence-electron chi connectivity index (χ0n) is 17.2. The first-order valence-corrected chi connectivity index (χ1v) is 9.88. The lowest BCUT2D eigenvalue weighted by molar-refractivity contribution is -0.125. The molecule has 0 bridgehead atoms. The Balaban J connectivity index is 1.80. The minimum atomic E-state index is -0.756. The van der Waals surface area contributed by atoms with Gasteiger partial charge in [0.2, 0.25) is 11.8 Å². The molecule has 2 aromatic carbocycles. The molecule has 0 aromatic heterocycles. The van der Waals surface area contributed by atoms with E-state index >= 15 is 0 Å². The van der Waals surface area contributed by atoms with E-state index in [1.54, 1.807) is 6.07 Å². The smallest absolute Gasteiger partial charge is 0.255 e. The van der Waals surface area contributed by atoms with Crippen molar-refractivity contribution in [3.05, 3.63) is 59.2 Å². The van der Waals surface area contributed by atoms with E-state index in [1.807, 2.05) is 50.2 Å². The molecule has 0 unspecified atom stereocenters. The average molecular weight is 406 g/mol. The summed E-state index contributed by atoms with van der Waals surface area (Å²) in [5.74, 6) is -1.16. The number of rotatable bonds is 6. The highest BCUT2D eigenvalue weighted by atomic mass is 16.2. The largest absolute Gasteiger partial charge is 0.370 e. The first-order valence-electron chi connectivity index (χ1n) is 9.88. The van der Waals surface area contributed by atoms with Crippen LogP contribution in [0.15, 0.2) is 42.5 Å². The minimum absolute atomic E-state index is 0.0311. The topological polar surface area (TPSA) is 116 Å². The summed E-state index contributed by atoms with van der Waals surface area (Å²) in [6.07, 6.45) is 0.220. The van der Waals surface area contributed by atoms with Crippen molar-refractivity contribution in [1.82, 2.24) is 10.2 Å². The Morgan fingerprint density at radius 2 is 1.87 bits per heavy atom. The predicted octanol–water partition coefficient (Wildman–Crippen LogP) is 2.20. The zero-order valence-corrected chi connectivity index (χ0v) is 17.2. The molecule has 3 amide bonds. The number of amides is 3. The van der Waals surface area contributed by atoms with E-state index in [0.29, 0.717) is 11.3 Å². The lowest BCUT2D eigenvalue weighted by atomic mass is 9.96. The fourth-order valence-corrected chi connectivity index (χ4v) is 3.72. The van der Waals surface area contributed by atoms with Gasteiger partial charge in [0.25, 0.3) is 5.91 Å². The molecule has 1 fully saturated rings. The molecule has 0 aliphatic carbocycles. The van der Waals surface area contributed by atoms with E-state index in [1.165, 1.54) is 4.90 Å². The second-order valence-electron chi connectivity index (χ2n) is 7.61. The van der Waals surface area contributed by atoms with Crippen molar-refractivity contribution in [2.45, 2.75) is 32.7 Å². The van der Waals surface area contributed by atoms with Crippen LogP contribution in [0.4, 0.5) is 0 Å². The molecule has 1 aliphatic heterocycles. The van der Waals surface area contributed by atoms with Gasteiger partial charge in [0.05, 0.1) is 6.54 Å². The fourth-order valence-electron chi connectivity index (χ4n) is 3.72. The van der Waals surface area contributed by atoms with Crippen LogP contribution < -0.4 is 11.1 Å². The SMILES string of the molecule is Cc1cc(-c2ccccc2C)ccc1C(=O)N1CC(=N)C[C@H]1C(=O)NCCC(N)=O. The number of nitrogens with zero attached hydrogens (tertiary/aromatic N) is 1. The molecule has 3 rings (SSSR count). The summed E-state index contributed by atoms with van der Waals surface area (Å²) >= 11 is 0. The third kappa shape index (κ3) is 4.56. The van der Waals surface area contributed by atoms with Crippen molar-refractivity contribution < 1.29 is 14.4 Å². The van der Waals surface area contributed by atoms with Gasteiger partial charge in [-0.2, -0.15) is 0 Å². The number of primary amides is 1. The van der Waals surface area contributed by atoms with E-state index in [0.717, 1.165) is 22.3 Å². The number of hydrogen-bond acceptors (Lipinski definition) is 4. The summed E-state index contributed by atoms with van der Waals surface area (Å²) < 4.78 is 0. The van der Waals surface area contributed by atoms with Crippen molar-refractivity contribution in [2.24, 2.45) is 5.73 Å². The van der Waals surface area contributed by atoms with Gasteiger partial charge in [0, 0.05) is 30.7 Å². The van der Waals surface area contributed by atoms with E-state index in [-0.39, 0.29) is 37.7 Å². The first kappa shape index (κ1) is 21.2. The highest BCUT2D eigenvalue weighted by Crippen LogP contribution is 2.27. The van der Waals surface area contributed by atoms with Crippen LogP contribution in [-0.2, 0) is 9.59 Å². The van der Waals surface area contributed by atoms with Crippen molar-refractivity contribution in [2.75, 3.05) is 13.1 Å². The first-order chi connectivity index (χ1) is 14.3. The molecule has 156 valence electrons. The van der Waals surface area contributed by atoms with Crippen LogP contribution in [0.25, 0.3) is 11.1 Å². The van der Waals surface area contributed by atoms with Crippen LogP contribution in [0.2, 0.25) is 0 Å². The molecule has 7 heteroatoms. The molecule has 4 N–H and O–H groups in total. The van der Waals surface area contributed by atoms with Gasteiger partial charge in [-0.15, -0.1) is 0 Å². The maximum Gasteiger partial charge on any atom is 0.255 e. The highest BCUT2D eigenvalue weighted by Gasteiger charge is 2.37. The van der Waals surface area contributed by atoms with Gasteiger partial charge in [-0.25, -0.2) is 0 Å². The second kappa shape index (κ2) is 8.90. The van der Waals surface area contributed by atoms with Crippen LogP contribution in [-0.4, -0.2) is 47.5 Å². The summed E-state index contributed by atoms with van der Waals surface area (Å²) in [5.41, 5.74) is 10.0. The van der Waals surface area contributed by atoms with E-state index in [9.17, 15) is 14.4 Å². The van der Waals surface area contributed by atoms with Crippen molar-refractivity contribution in [3.8, 4) is 11.1 Å². The van der Waals surface area contributed by atoms with Crippen molar-refractivity contribution in [3.63, 3.8) is 0 Å². The number of aryl methyl sites for hydroxylation is 2. The number of hydrogen-bond donors (Lipinski definition) is 3. The molecule has 1 saturated heterocycles. The Labute approximate surface area is 175 Å². The summed E-state index contributed by atoms with van der Waals surface area (Å²) in [6, 6.07) is 13.0. The highest BCUT2D eigenvalue weighted by molar-refractivity contribution is 6.05. The Morgan fingerprint density at radius 1 is 1.13 bits per heavy atom. The standard InChI is InChI=1S/C23H26N4O3/c1-14-5-3-4-6-18(14)16-7-8-19(15(2)11-16)23(30)27-13-17(24)12-20(27)22(29)26-10-9-21(25)28/h3-8,11,20,24H,9-10,12-13H2,1-2H3,(H2,25,28)(H,26,29)/t20-/m0/s1. The van der Waals surface area contributed by atoms with E-state index in [4.69, 9.17) is 11.1 Å². The van der Waals surface area contributed by atoms with Gasteiger partial charge < -0.3 is 21.4 Å². The Kier molecular flexibility index (Phi) is 6.30. The molecule has 0 saturated carbocycles. The Morgan fingerprint density at radius 3 is 2.53 bits per heavy atom. The third-order valence-corrected chi connectivity index (χ3v) is 5.32. The van der Waals surface area contributed by atoms with E-state index < -0.39 is 11.9 Å². The monoisotopic (exact) mass is 406 g/mol. The third-order valence-electron chi connectivity index (χ3n) is 5.32. The fraction of sp³-hybridized carbons (Fsp3) is 0.304. The van der Waals surface area contributed by atoms with Gasteiger partial charge in [-0.05, 0) is 42.2 Å². The molecule has 1 heterocycles. The zero-order chi connectivity index (χ0) is 21.8. The molecule has 2 aromatic rings. The lowest BCUT2D eigenvalue weighted by Crippen LogP contribution is -2.46. The van der Waals surface area contributed by atoms with Gasteiger partial charge in [0.15, 0.2) is 0 Å². The van der Waals surface area contributed by atoms with Crippen LogP contribution in [0.5, 0.6) is 0 Å². The average Bonchev–Trinajstić information content (AvgIpc) is 3.09. The molecule has 0 spiro atoms. The number of nitrogens with one attached hydrogen (secondary N) is 2. The van der Waals surface area contributed by atoms with Gasteiger partial charge in [-0.3, -0.25) is 14.4 Å². The molecular formula is C23H26N4O3. The van der Waals surface area contributed by atoms with Crippen molar-refractivity contribution >= 4 is 23.4 Å². The number of benzene rings is 2. The maximum absolute atomic E-state index is 13.2. The Hall–Kier alpha value is -3.48. The lowest BCUT2D eigenvalue weighted by Gasteiger charge is -2.24. The molecule has 0 radical (unpaired) electrons. The summed E-state index contributed by atoms with van der Waals surface area (Å²) in [5, 5.41) is 10.6. The van der Waals surface area contributed by atoms with Crippen LogP contribution in [0.3, 0.4) is 0 Å². The normalized spacial score (nSPS) is 15.9. The van der Waals surface area contributed by atoms with Crippen molar-refractivity contribution in [1.29, 1.82) is 5.41 Å². The number of likely N-dealkylation sites (tertiary alicyclic amines) is 1. The second-order valence-corrected chi connectivity index (χ2v) is 7.61. The predicted molar refractivity (Wildman–Crippen MR) is 115 cm³/mol. The minimum Gasteiger partial charge on any atom is -0.370 e. The molecule has 30 heavy (non-hydrogen) atoms. The summed E-state index contributed by atoms with van der Waals surface area (Å²) in [4.78, 5) is 38.0. The number of carbonyl (C=O) groups is 3. The van der Waals surface area contributed by atoms with Gasteiger partial charge in [0.1, 0.15) is 6.04 Å². The Bertz CT molecular complexity index is 1020. The van der Waals surface area contributed by atoms with Crippen LogP contribution in [0, 0.1) is 19.3 Å². The molecule has 1 atom stereocenters. The van der Waals surface area contributed by atoms with E-state index in [2.05, 4.69) is 5.32 Å². The number of nitrogens with two attached hydrogens (primary N) is 1. The van der Waals surface area contributed by atoms with Crippen LogP contribution in [0.1, 0.15) is 34.3 Å².